The molecule has 0 bridgehead atoms. The Labute approximate surface area is 212 Å². The minimum absolute atomic E-state index is 0.0588. The van der Waals surface area contributed by atoms with E-state index in [4.69, 9.17) is 9.84 Å². The van der Waals surface area contributed by atoms with Gasteiger partial charge in [0.2, 0.25) is 5.91 Å². The van der Waals surface area contributed by atoms with Gasteiger partial charge in [-0.15, -0.1) is 0 Å². The lowest BCUT2D eigenvalue weighted by Crippen LogP contribution is -2.46. The number of hydrogen-bond donors (Lipinski definition) is 3. The minimum atomic E-state index is -1.27. The van der Waals surface area contributed by atoms with Crippen molar-refractivity contribution < 1.29 is 38.6 Å². The number of ether oxygens (including phenoxy) is 1. The first-order valence-electron chi connectivity index (χ1n) is 11.4. The highest BCUT2D eigenvalue weighted by molar-refractivity contribution is 6.28. The molecule has 11 heteroatoms. The Kier molecular flexibility index (Phi) is 8.06. The van der Waals surface area contributed by atoms with Gasteiger partial charge in [-0.3, -0.25) is 24.0 Å². The van der Waals surface area contributed by atoms with Crippen LogP contribution in [0.3, 0.4) is 0 Å². The number of nitrogens with zero attached hydrogens (tertiary/aromatic N) is 1. The Morgan fingerprint density at radius 3 is 2.08 bits per heavy atom. The molecule has 2 aromatic rings. The third-order valence-corrected chi connectivity index (χ3v) is 5.32. The SMILES string of the molecule is CC(C)(C)OC(=O)NCCN(CC(=O)O)C(=O)CNC(=O)c1ccc2c(c1)C(=O)c1ccccc1C2=O. The molecule has 37 heavy (non-hydrogen) atoms. The van der Waals surface area contributed by atoms with Crippen LogP contribution < -0.4 is 10.6 Å². The number of ketones is 2. The van der Waals surface area contributed by atoms with E-state index in [-0.39, 0.29) is 46.9 Å². The van der Waals surface area contributed by atoms with Crippen LogP contribution in [0.2, 0.25) is 0 Å². The number of carboxylic acid groups (broad SMARTS) is 1. The van der Waals surface area contributed by atoms with Gasteiger partial charge in [-0.1, -0.05) is 24.3 Å². The summed E-state index contributed by atoms with van der Waals surface area (Å²) in [4.78, 5) is 74.8. The van der Waals surface area contributed by atoms with E-state index in [1.807, 2.05) is 0 Å². The number of alkyl carbamates (subject to hydrolysis) is 1. The van der Waals surface area contributed by atoms with E-state index in [1.54, 1.807) is 45.0 Å². The van der Waals surface area contributed by atoms with E-state index in [0.29, 0.717) is 5.56 Å². The van der Waals surface area contributed by atoms with Crippen molar-refractivity contribution in [1.82, 2.24) is 15.5 Å². The van der Waals surface area contributed by atoms with Crippen LogP contribution in [0, 0.1) is 0 Å². The maximum absolute atomic E-state index is 12.9. The largest absolute Gasteiger partial charge is 0.480 e. The van der Waals surface area contributed by atoms with Crippen molar-refractivity contribution in [3.63, 3.8) is 0 Å². The van der Waals surface area contributed by atoms with E-state index < -0.39 is 42.6 Å². The molecule has 1 aliphatic rings. The Morgan fingerprint density at radius 1 is 0.892 bits per heavy atom. The molecule has 0 aliphatic heterocycles. The summed E-state index contributed by atoms with van der Waals surface area (Å²) in [5.74, 6) is -3.36. The summed E-state index contributed by atoms with van der Waals surface area (Å²) in [5.41, 5.74) is 0.149. The van der Waals surface area contributed by atoms with Gasteiger partial charge in [0.05, 0.1) is 6.54 Å². The molecule has 2 aromatic carbocycles. The molecule has 194 valence electrons. The van der Waals surface area contributed by atoms with Crippen molar-refractivity contribution in [3.05, 3.63) is 70.3 Å². The third-order valence-electron chi connectivity index (χ3n) is 5.32. The molecule has 0 radical (unpaired) electrons. The summed E-state index contributed by atoms with van der Waals surface area (Å²) in [7, 11) is 0. The number of fused-ring (bicyclic) bond motifs is 2. The van der Waals surface area contributed by atoms with Crippen LogP contribution in [0.4, 0.5) is 4.79 Å². The lowest BCUT2D eigenvalue weighted by molar-refractivity contribution is -0.144. The summed E-state index contributed by atoms with van der Waals surface area (Å²) in [6.07, 6.45) is -0.716. The van der Waals surface area contributed by atoms with Gasteiger partial charge >= 0.3 is 12.1 Å². The van der Waals surface area contributed by atoms with Gasteiger partial charge in [0, 0.05) is 40.9 Å². The second-order valence-electron chi connectivity index (χ2n) is 9.28. The molecular weight excluding hydrogens is 482 g/mol. The fourth-order valence-electron chi connectivity index (χ4n) is 3.67. The molecule has 0 heterocycles. The topological polar surface area (TPSA) is 159 Å². The minimum Gasteiger partial charge on any atom is -0.480 e. The molecule has 3 N–H and O–H groups in total. The Bertz CT molecular complexity index is 1280. The molecule has 1 aliphatic carbocycles. The number of nitrogens with one attached hydrogen (secondary N) is 2. The number of carbonyl (C=O) groups excluding carboxylic acids is 5. The van der Waals surface area contributed by atoms with Gasteiger partial charge in [0.15, 0.2) is 11.6 Å². The summed E-state index contributed by atoms with van der Waals surface area (Å²) < 4.78 is 5.09. The van der Waals surface area contributed by atoms with Crippen molar-refractivity contribution in [2.24, 2.45) is 0 Å². The Balaban J connectivity index is 1.63. The summed E-state index contributed by atoms with van der Waals surface area (Å²) >= 11 is 0. The van der Waals surface area contributed by atoms with Crippen LogP contribution in [0.5, 0.6) is 0 Å². The van der Waals surface area contributed by atoms with E-state index in [0.717, 1.165) is 4.90 Å². The molecule has 0 saturated heterocycles. The summed E-state index contributed by atoms with van der Waals surface area (Å²) in [6.45, 7) is 3.70. The number of aliphatic carboxylic acids is 1. The van der Waals surface area contributed by atoms with Crippen molar-refractivity contribution >= 4 is 35.4 Å². The monoisotopic (exact) mass is 509 g/mol. The first-order chi connectivity index (χ1) is 17.4. The molecule has 0 spiro atoms. The molecule has 0 saturated carbocycles. The average molecular weight is 510 g/mol. The number of rotatable bonds is 8. The average Bonchev–Trinajstić information content (AvgIpc) is 2.83. The molecule has 3 amide bonds. The molecule has 11 nitrogen and oxygen atoms in total. The first-order valence-corrected chi connectivity index (χ1v) is 11.4. The van der Waals surface area contributed by atoms with E-state index >= 15 is 0 Å². The highest BCUT2D eigenvalue weighted by Crippen LogP contribution is 2.27. The van der Waals surface area contributed by atoms with Crippen molar-refractivity contribution in [1.29, 1.82) is 0 Å². The van der Waals surface area contributed by atoms with E-state index in [2.05, 4.69) is 10.6 Å². The standard InChI is InChI=1S/C26H27N3O8/c1-26(2,3)37-25(36)27-10-11-29(14-21(31)32)20(30)13-28-24(35)15-8-9-18-19(12-15)23(34)17-7-5-4-6-16(17)22(18)33/h4-9,12H,10-11,13-14H2,1-3H3,(H,27,36)(H,28,35)(H,31,32). The predicted octanol–water partition coefficient (Wildman–Crippen LogP) is 1.63. The van der Waals surface area contributed by atoms with Crippen molar-refractivity contribution in [2.45, 2.75) is 26.4 Å². The predicted molar refractivity (Wildman–Crippen MR) is 131 cm³/mol. The lowest BCUT2D eigenvalue weighted by Gasteiger charge is -2.23. The Hall–Kier alpha value is -4.54. The van der Waals surface area contributed by atoms with Crippen LogP contribution in [-0.4, -0.2) is 77.2 Å². The maximum Gasteiger partial charge on any atom is 0.407 e. The van der Waals surface area contributed by atoms with E-state index in [9.17, 15) is 28.8 Å². The number of carboxylic acids is 1. The van der Waals surface area contributed by atoms with Gasteiger partial charge in [0.1, 0.15) is 12.1 Å². The van der Waals surface area contributed by atoms with Gasteiger partial charge < -0.3 is 25.4 Å². The molecule has 0 aromatic heterocycles. The smallest absolute Gasteiger partial charge is 0.407 e. The fraction of sp³-hybridized carbons (Fsp3) is 0.308. The molecule has 0 fully saturated rings. The number of carbonyl (C=O) groups is 6. The van der Waals surface area contributed by atoms with Crippen LogP contribution >= 0.6 is 0 Å². The molecule has 0 unspecified atom stereocenters. The van der Waals surface area contributed by atoms with Gasteiger partial charge in [-0.05, 0) is 39.0 Å². The highest BCUT2D eigenvalue weighted by atomic mass is 16.6. The first kappa shape index (κ1) is 27.1. The van der Waals surface area contributed by atoms with Gasteiger partial charge in [0.25, 0.3) is 5.91 Å². The Morgan fingerprint density at radius 2 is 1.49 bits per heavy atom. The zero-order chi connectivity index (χ0) is 27.3. The quantitative estimate of drug-likeness (QED) is 0.413. The number of benzene rings is 2. The fourth-order valence-corrected chi connectivity index (χ4v) is 3.67. The number of amides is 3. The lowest BCUT2D eigenvalue weighted by atomic mass is 9.83. The van der Waals surface area contributed by atoms with Crippen LogP contribution in [0.1, 0.15) is 63.0 Å². The molecular formula is C26H27N3O8. The molecule has 0 atom stereocenters. The third kappa shape index (κ3) is 6.78. The molecule has 3 rings (SSSR count). The van der Waals surface area contributed by atoms with E-state index in [1.165, 1.54) is 18.2 Å². The normalized spacial score (nSPS) is 12.2. The van der Waals surface area contributed by atoms with Crippen LogP contribution in [0.25, 0.3) is 0 Å². The second-order valence-corrected chi connectivity index (χ2v) is 9.28. The number of hydrogen-bond acceptors (Lipinski definition) is 7. The van der Waals surface area contributed by atoms with Gasteiger partial charge in [-0.2, -0.15) is 0 Å². The second kappa shape index (κ2) is 11.0. The highest BCUT2D eigenvalue weighted by Gasteiger charge is 2.30. The van der Waals surface area contributed by atoms with Crippen molar-refractivity contribution in [3.8, 4) is 0 Å². The summed E-state index contributed by atoms with van der Waals surface area (Å²) in [6, 6.07) is 10.5. The zero-order valence-corrected chi connectivity index (χ0v) is 20.6. The van der Waals surface area contributed by atoms with Crippen molar-refractivity contribution in [2.75, 3.05) is 26.2 Å². The van der Waals surface area contributed by atoms with Crippen LogP contribution in [0.15, 0.2) is 42.5 Å². The zero-order valence-electron chi connectivity index (χ0n) is 20.6. The summed E-state index contributed by atoms with van der Waals surface area (Å²) in [5, 5.41) is 14.0. The maximum atomic E-state index is 12.9. The van der Waals surface area contributed by atoms with Gasteiger partial charge in [-0.25, -0.2) is 4.79 Å². The van der Waals surface area contributed by atoms with Crippen LogP contribution in [-0.2, 0) is 14.3 Å².